The van der Waals surface area contributed by atoms with Gasteiger partial charge in [-0.15, -0.1) is 0 Å². The van der Waals surface area contributed by atoms with Gasteiger partial charge in [-0.1, -0.05) is 48.5 Å². The highest BCUT2D eigenvalue weighted by Crippen LogP contribution is 2.31. The van der Waals surface area contributed by atoms with Crippen LogP contribution in [0.4, 0.5) is 5.69 Å². The molecule has 0 amide bonds. The third-order valence-electron chi connectivity index (χ3n) is 4.47. The zero-order chi connectivity index (χ0) is 19.2. The van der Waals surface area contributed by atoms with Crippen molar-refractivity contribution in [3.05, 3.63) is 75.8 Å². The molecule has 0 fully saturated rings. The molecule has 0 saturated heterocycles. The van der Waals surface area contributed by atoms with Crippen LogP contribution in [0, 0.1) is 15.5 Å². The Hall–Kier alpha value is -3.02. The van der Waals surface area contributed by atoms with Gasteiger partial charge in [-0.25, -0.2) is 0 Å². The van der Waals surface area contributed by atoms with Gasteiger partial charge in [0.05, 0.1) is 12.0 Å². The van der Waals surface area contributed by atoms with Gasteiger partial charge < -0.3 is 4.74 Å². The highest BCUT2D eigenvalue weighted by molar-refractivity contribution is 6.03. The number of aryl methyl sites for hydroxylation is 1. The normalized spacial score (nSPS) is 12.8. The van der Waals surface area contributed by atoms with E-state index in [1.807, 2.05) is 30.3 Å². The summed E-state index contributed by atoms with van der Waals surface area (Å²) < 4.78 is 4.83. The maximum absolute atomic E-state index is 12.9. The van der Waals surface area contributed by atoms with Gasteiger partial charge >= 0.3 is 5.97 Å². The monoisotopic (exact) mass is 355 g/mol. The Morgan fingerprint density at radius 1 is 1.08 bits per heavy atom. The number of nitrogens with zero attached hydrogens (tertiary/aromatic N) is 1. The standard InChI is InChI=1S/C20H21NO5/c1-20(19(23)26-2,14-16-10-6-7-11-17(16)21(24)25)18(22)13-12-15-8-4-3-5-9-15/h3-11H,12-14H2,1-2H3. The van der Waals surface area contributed by atoms with E-state index in [-0.39, 0.29) is 24.3 Å². The maximum atomic E-state index is 12.9. The Morgan fingerprint density at radius 2 is 1.69 bits per heavy atom. The number of ketones is 1. The Balaban J connectivity index is 2.26. The Kier molecular flexibility index (Phi) is 6.22. The number of methoxy groups -OCH3 is 1. The molecule has 0 aromatic heterocycles. The van der Waals surface area contributed by atoms with E-state index < -0.39 is 16.3 Å². The van der Waals surface area contributed by atoms with E-state index in [1.165, 1.54) is 20.1 Å². The summed E-state index contributed by atoms with van der Waals surface area (Å²) in [6, 6.07) is 15.6. The van der Waals surface area contributed by atoms with Gasteiger partial charge in [-0.05, 0) is 18.9 Å². The van der Waals surface area contributed by atoms with Crippen molar-refractivity contribution in [1.29, 1.82) is 0 Å². The number of hydrogen-bond acceptors (Lipinski definition) is 5. The van der Waals surface area contributed by atoms with E-state index in [0.717, 1.165) is 5.56 Å². The topological polar surface area (TPSA) is 86.5 Å². The van der Waals surface area contributed by atoms with Crippen LogP contribution in [0.2, 0.25) is 0 Å². The second-order valence-corrected chi connectivity index (χ2v) is 6.30. The lowest BCUT2D eigenvalue weighted by Crippen LogP contribution is -2.40. The summed E-state index contributed by atoms with van der Waals surface area (Å²) in [6.45, 7) is 1.49. The minimum atomic E-state index is -1.48. The molecular formula is C20H21NO5. The van der Waals surface area contributed by atoms with Crippen LogP contribution in [0.1, 0.15) is 24.5 Å². The fourth-order valence-electron chi connectivity index (χ4n) is 2.91. The predicted molar refractivity (Wildman–Crippen MR) is 96.7 cm³/mol. The van der Waals surface area contributed by atoms with E-state index in [4.69, 9.17) is 4.74 Å². The van der Waals surface area contributed by atoms with Gasteiger partial charge in [-0.2, -0.15) is 0 Å². The average Bonchev–Trinajstić information content (AvgIpc) is 2.66. The third kappa shape index (κ3) is 4.33. The molecule has 1 atom stereocenters. The molecule has 0 aliphatic carbocycles. The number of rotatable bonds is 8. The summed E-state index contributed by atoms with van der Waals surface area (Å²) in [6.07, 6.45) is 0.559. The quantitative estimate of drug-likeness (QED) is 0.313. The number of carbonyl (C=O) groups is 2. The van der Waals surface area contributed by atoms with Crippen molar-refractivity contribution < 1.29 is 19.2 Å². The first-order valence-corrected chi connectivity index (χ1v) is 8.26. The summed E-state index contributed by atoms with van der Waals surface area (Å²) in [4.78, 5) is 35.9. The maximum Gasteiger partial charge on any atom is 0.319 e. The molecule has 2 rings (SSSR count). The molecule has 6 heteroatoms. The van der Waals surface area contributed by atoms with Gasteiger partial charge in [0.2, 0.25) is 0 Å². The molecule has 0 heterocycles. The van der Waals surface area contributed by atoms with Crippen molar-refractivity contribution in [3.63, 3.8) is 0 Å². The number of Topliss-reactive ketones (excluding diaryl/α,β-unsaturated/α-hetero) is 1. The van der Waals surface area contributed by atoms with Crippen molar-refractivity contribution in [2.24, 2.45) is 5.41 Å². The lowest BCUT2D eigenvalue weighted by molar-refractivity contribution is -0.385. The van der Waals surface area contributed by atoms with E-state index in [9.17, 15) is 19.7 Å². The number of ether oxygens (including phenoxy) is 1. The van der Waals surface area contributed by atoms with Gasteiger partial charge in [0, 0.05) is 24.5 Å². The average molecular weight is 355 g/mol. The van der Waals surface area contributed by atoms with Crippen LogP contribution in [0.5, 0.6) is 0 Å². The number of para-hydroxylation sites is 1. The first kappa shape index (κ1) is 19.3. The molecule has 26 heavy (non-hydrogen) atoms. The lowest BCUT2D eigenvalue weighted by Gasteiger charge is -2.25. The molecule has 2 aromatic rings. The third-order valence-corrected chi connectivity index (χ3v) is 4.47. The van der Waals surface area contributed by atoms with Crippen LogP contribution >= 0.6 is 0 Å². The van der Waals surface area contributed by atoms with Crippen LogP contribution in [0.25, 0.3) is 0 Å². The first-order chi connectivity index (χ1) is 12.4. The molecule has 2 aromatic carbocycles. The van der Waals surface area contributed by atoms with Crippen LogP contribution in [0.3, 0.4) is 0 Å². The van der Waals surface area contributed by atoms with Crippen molar-refractivity contribution >= 4 is 17.4 Å². The molecular weight excluding hydrogens is 334 g/mol. The number of benzene rings is 2. The molecule has 6 nitrogen and oxygen atoms in total. The van der Waals surface area contributed by atoms with E-state index in [1.54, 1.807) is 18.2 Å². The summed E-state index contributed by atoms with van der Waals surface area (Å²) >= 11 is 0. The van der Waals surface area contributed by atoms with E-state index >= 15 is 0 Å². The van der Waals surface area contributed by atoms with Crippen LogP contribution < -0.4 is 0 Å². The van der Waals surface area contributed by atoms with Crippen LogP contribution in [-0.4, -0.2) is 23.8 Å². The van der Waals surface area contributed by atoms with Gasteiger partial charge in [-0.3, -0.25) is 19.7 Å². The Labute approximate surface area is 151 Å². The van der Waals surface area contributed by atoms with Crippen molar-refractivity contribution in [2.45, 2.75) is 26.2 Å². The van der Waals surface area contributed by atoms with Crippen LogP contribution in [-0.2, 0) is 27.2 Å². The van der Waals surface area contributed by atoms with Gasteiger partial charge in [0.25, 0.3) is 5.69 Å². The molecule has 0 N–H and O–H groups in total. The summed E-state index contributed by atoms with van der Waals surface area (Å²) in [5.74, 6) is -0.986. The minimum Gasteiger partial charge on any atom is -0.468 e. The van der Waals surface area contributed by atoms with E-state index in [2.05, 4.69) is 0 Å². The Morgan fingerprint density at radius 3 is 2.31 bits per heavy atom. The van der Waals surface area contributed by atoms with Crippen LogP contribution in [0.15, 0.2) is 54.6 Å². The number of hydrogen-bond donors (Lipinski definition) is 0. The molecule has 136 valence electrons. The van der Waals surface area contributed by atoms with Crippen molar-refractivity contribution in [1.82, 2.24) is 0 Å². The second kappa shape index (κ2) is 8.38. The number of nitro groups is 1. The van der Waals surface area contributed by atoms with E-state index in [0.29, 0.717) is 12.0 Å². The van der Waals surface area contributed by atoms with Crippen molar-refractivity contribution in [2.75, 3.05) is 7.11 Å². The molecule has 0 radical (unpaired) electrons. The second-order valence-electron chi connectivity index (χ2n) is 6.30. The molecule has 0 bridgehead atoms. The molecule has 0 aliphatic heterocycles. The zero-order valence-corrected chi connectivity index (χ0v) is 14.8. The Bertz CT molecular complexity index is 803. The smallest absolute Gasteiger partial charge is 0.319 e. The van der Waals surface area contributed by atoms with Gasteiger partial charge in [0.1, 0.15) is 5.41 Å². The number of esters is 1. The highest BCUT2D eigenvalue weighted by Gasteiger charge is 2.42. The summed E-state index contributed by atoms with van der Waals surface area (Å²) in [5.41, 5.74) is -0.272. The minimum absolute atomic E-state index is 0.0789. The zero-order valence-electron chi connectivity index (χ0n) is 14.8. The number of carbonyl (C=O) groups excluding carboxylic acids is 2. The lowest BCUT2D eigenvalue weighted by atomic mass is 9.77. The predicted octanol–water partition coefficient (Wildman–Crippen LogP) is 3.52. The molecule has 0 spiro atoms. The molecule has 0 saturated carbocycles. The summed E-state index contributed by atoms with van der Waals surface area (Å²) in [5, 5.41) is 11.2. The fraction of sp³-hybridized carbons (Fsp3) is 0.300. The molecule has 1 unspecified atom stereocenters. The fourth-order valence-corrected chi connectivity index (χ4v) is 2.91. The summed E-state index contributed by atoms with van der Waals surface area (Å²) in [7, 11) is 1.21. The van der Waals surface area contributed by atoms with Gasteiger partial charge in [0.15, 0.2) is 5.78 Å². The largest absolute Gasteiger partial charge is 0.468 e. The SMILES string of the molecule is COC(=O)C(C)(Cc1ccccc1[N+](=O)[O-])C(=O)CCc1ccccc1. The van der Waals surface area contributed by atoms with Crippen molar-refractivity contribution in [3.8, 4) is 0 Å². The molecule has 0 aliphatic rings. The highest BCUT2D eigenvalue weighted by atomic mass is 16.6. The first-order valence-electron chi connectivity index (χ1n) is 8.26. The number of nitro benzene ring substituents is 1.